The Hall–Kier alpha value is -2.22. The number of carbonyl (C=O) groups is 2. The highest BCUT2D eigenvalue weighted by atomic mass is 16.5. The molecule has 136 valence electrons. The number of hydrogen-bond donors (Lipinski definition) is 0. The maximum Gasteiger partial charge on any atom is 0.258 e. The minimum absolute atomic E-state index is 0.00683. The minimum atomic E-state index is -0.228. The Morgan fingerprint density at radius 1 is 1.28 bits per heavy atom. The quantitative estimate of drug-likeness (QED) is 0.756. The van der Waals surface area contributed by atoms with Gasteiger partial charge >= 0.3 is 0 Å². The fraction of sp³-hybridized carbons (Fsp3) is 0.647. The van der Waals surface area contributed by atoms with Gasteiger partial charge in [-0.15, -0.1) is 0 Å². The van der Waals surface area contributed by atoms with Gasteiger partial charge in [0.2, 0.25) is 11.8 Å². The SMILES string of the molecule is COCC(=O)N1CCC[C@H](C(=O)N2Cc3nc(C)n(C)c(=O)c3C2)C1. The number of hydrogen-bond acceptors (Lipinski definition) is 5. The van der Waals surface area contributed by atoms with Crippen LogP contribution in [0.3, 0.4) is 0 Å². The van der Waals surface area contributed by atoms with E-state index >= 15 is 0 Å². The lowest BCUT2D eigenvalue weighted by Gasteiger charge is -2.33. The van der Waals surface area contributed by atoms with Gasteiger partial charge in [0.25, 0.3) is 5.56 Å². The number of nitrogens with zero attached hydrogens (tertiary/aromatic N) is 4. The number of fused-ring (bicyclic) bond motifs is 1. The molecule has 1 aromatic heterocycles. The summed E-state index contributed by atoms with van der Waals surface area (Å²) < 4.78 is 6.41. The van der Waals surface area contributed by atoms with Gasteiger partial charge in [-0.1, -0.05) is 0 Å². The smallest absolute Gasteiger partial charge is 0.258 e. The van der Waals surface area contributed by atoms with Crippen LogP contribution in [0.4, 0.5) is 0 Å². The number of aryl methyl sites for hydroxylation is 1. The molecule has 1 saturated heterocycles. The van der Waals surface area contributed by atoms with Gasteiger partial charge in [0.05, 0.1) is 30.3 Å². The average Bonchev–Trinajstić information content (AvgIpc) is 3.03. The molecular formula is C17H24N4O4. The van der Waals surface area contributed by atoms with E-state index in [2.05, 4.69) is 4.98 Å². The van der Waals surface area contributed by atoms with Crippen LogP contribution in [0, 0.1) is 12.8 Å². The number of amides is 2. The van der Waals surface area contributed by atoms with Crippen molar-refractivity contribution in [2.45, 2.75) is 32.9 Å². The summed E-state index contributed by atoms with van der Waals surface area (Å²) in [5.74, 6) is 0.323. The predicted molar refractivity (Wildman–Crippen MR) is 89.6 cm³/mol. The lowest BCUT2D eigenvalue weighted by Crippen LogP contribution is -2.46. The average molecular weight is 348 g/mol. The maximum atomic E-state index is 12.9. The Labute approximate surface area is 146 Å². The van der Waals surface area contributed by atoms with Crippen LogP contribution in [-0.2, 0) is 34.5 Å². The zero-order valence-electron chi connectivity index (χ0n) is 14.9. The largest absolute Gasteiger partial charge is 0.375 e. The topological polar surface area (TPSA) is 84.7 Å². The molecule has 1 fully saturated rings. The van der Waals surface area contributed by atoms with Crippen molar-refractivity contribution in [2.75, 3.05) is 26.8 Å². The van der Waals surface area contributed by atoms with Crippen molar-refractivity contribution < 1.29 is 14.3 Å². The van der Waals surface area contributed by atoms with E-state index in [0.29, 0.717) is 43.3 Å². The van der Waals surface area contributed by atoms with Gasteiger partial charge in [-0.05, 0) is 19.8 Å². The lowest BCUT2D eigenvalue weighted by atomic mass is 9.96. The Morgan fingerprint density at radius 3 is 2.76 bits per heavy atom. The molecule has 0 bridgehead atoms. The van der Waals surface area contributed by atoms with Crippen LogP contribution in [0.5, 0.6) is 0 Å². The molecule has 0 spiro atoms. The second-order valence-corrected chi connectivity index (χ2v) is 6.75. The monoisotopic (exact) mass is 348 g/mol. The molecule has 0 radical (unpaired) electrons. The molecule has 1 atom stereocenters. The highest BCUT2D eigenvalue weighted by Gasteiger charge is 2.35. The molecule has 3 rings (SSSR count). The second kappa shape index (κ2) is 6.95. The van der Waals surface area contributed by atoms with Crippen molar-refractivity contribution in [3.05, 3.63) is 27.4 Å². The van der Waals surface area contributed by atoms with Crippen molar-refractivity contribution in [1.29, 1.82) is 0 Å². The third kappa shape index (κ3) is 3.30. The summed E-state index contributed by atoms with van der Waals surface area (Å²) in [6.07, 6.45) is 1.55. The normalized spacial score (nSPS) is 19.9. The molecule has 0 unspecified atom stereocenters. The highest BCUT2D eigenvalue weighted by molar-refractivity contribution is 5.82. The van der Waals surface area contributed by atoms with E-state index in [-0.39, 0.29) is 29.9 Å². The number of ether oxygens (including phenoxy) is 1. The molecule has 2 amide bonds. The summed E-state index contributed by atoms with van der Waals surface area (Å²) in [7, 11) is 3.18. The highest BCUT2D eigenvalue weighted by Crippen LogP contribution is 2.24. The summed E-state index contributed by atoms with van der Waals surface area (Å²) >= 11 is 0. The van der Waals surface area contributed by atoms with E-state index in [1.807, 2.05) is 0 Å². The van der Waals surface area contributed by atoms with Gasteiger partial charge in [-0.25, -0.2) is 4.98 Å². The number of methoxy groups -OCH3 is 1. The zero-order chi connectivity index (χ0) is 18.1. The molecule has 0 N–H and O–H groups in total. The van der Waals surface area contributed by atoms with Crippen molar-refractivity contribution >= 4 is 11.8 Å². The molecule has 0 aromatic carbocycles. The lowest BCUT2D eigenvalue weighted by molar-refractivity contribution is -0.143. The van der Waals surface area contributed by atoms with E-state index in [9.17, 15) is 14.4 Å². The third-order valence-electron chi connectivity index (χ3n) is 5.09. The van der Waals surface area contributed by atoms with Gasteiger partial charge in [0.1, 0.15) is 12.4 Å². The molecular weight excluding hydrogens is 324 g/mol. The molecule has 8 nitrogen and oxygen atoms in total. The first kappa shape index (κ1) is 17.6. The number of likely N-dealkylation sites (tertiary alicyclic amines) is 1. The Bertz CT molecular complexity index is 758. The van der Waals surface area contributed by atoms with Crippen molar-refractivity contribution in [1.82, 2.24) is 19.4 Å². The van der Waals surface area contributed by atoms with E-state index in [4.69, 9.17) is 4.74 Å². The first-order valence-electron chi connectivity index (χ1n) is 8.53. The summed E-state index contributed by atoms with van der Waals surface area (Å²) in [6.45, 7) is 3.57. The number of carbonyl (C=O) groups excluding carboxylic acids is 2. The Balaban J connectivity index is 1.71. The number of aromatic nitrogens is 2. The molecule has 3 heterocycles. The maximum absolute atomic E-state index is 12.9. The molecule has 1 aromatic rings. The van der Waals surface area contributed by atoms with Crippen LogP contribution < -0.4 is 5.56 Å². The molecule has 25 heavy (non-hydrogen) atoms. The molecule has 0 saturated carbocycles. The first-order valence-corrected chi connectivity index (χ1v) is 8.53. The number of rotatable bonds is 3. The van der Waals surface area contributed by atoms with Crippen LogP contribution in [0.15, 0.2) is 4.79 Å². The Kier molecular flexibility index (Phi) is 4.89. The van der Waals surface area contributed by atoms with Crippen molar-refractivity contribution in [2.24, 2.45) is 13.0 Å². The van der Waals surface area contributed by atoms with Crippen LogP contribution >= 0.6 is 0 Å². The molecule has 8 heteroatoms. The first-order chi connectivity index (χ1) is 11.9. The predicted octanol–water partition coefficient (Wildman–Crippen LogP) is -0.184. The molecule has 2 aliphatic heterocycles. The fourth-order valence-electron chi connectivity index (χ4n) is 3.56. The third-order valence-corrected chi connectivity index (χ3v) is 5.09. The van der Waals surface area contributed by atoms with E-state index in [1.54, 1.807) is 23.8 Å². The van der Waals surface area contributed by atoms with Crippen LogP contribution in [0.2, 0.25) is 0 Å². The van der Waals surface area contributed by atoms with E-state index in [0.717, 1.165) is 12.8 Å². The van der Waals surface area contributed by atoms with Gasteiger partial charge in [-0.3, -0.25) is 19.0 Å². The standard InChI is InChI=1S/C17H24N4O4/c1-11-18-14-9-21(8-13(14)17(24)19(11)2)16(23)12-5-4-6-20(7-12)15(22)10-25-3/h12H,4-10H2,1-3H3/t12-/m0/s1. The zero-order valence-corrected chi connectivity index (χ0v) is 14.9. The van der Waals surface area contributed by atoms with Gasteiger partial charge in [0.15, 0.2) is 0 Å². The van der Waals surface area contributed by atoms with Crippen LogP contribution in [0.1, 0.15) is 29.9 Å². The second-order valence-electron chi connectivity index (χ2n) is 6.75. The minimum Gasteiger partial charge on any atom is -0.375 e. The van der Waals surface area contributed by atoms with Gasteiger partial charge < -0.3 is 14.5 Å². The summed E-state index contributed by atoms with van der Waals surface area (Å²) in [6, 6.07) is 0. The summed E-state index contributed by atoms with van der Waals surface area (Å²) in [4.78, 5) is 45.1. The summed E-state index contributed by atoms with van der Waals surface area (Å²) in [5.41, 5.74) is 1.21. The fourth-order valence-corrected chi connectivity index (χ4v) is 3.56. The Morgan fingerprint density at radius 2 is 2.04 bits per heavy atom. The molecule has 0 aliphatic carbocycles. The van der Waals surface area contributed by atoms with E-state index in [1.165, 1.54) is 11.7 Å². The van der Waals surface area contributed by atoms with Crippen LogP contribution in [0.25, 0.3) is 0 Å². The van der Waals surface area contributed by atoms with Gasteiger partial charge in [0, 0.05) is 27.2 Å². The van der Waals surface area contributed by atoms with Crippen molar-refractivity contribution in [3.63, 3.8) is 0 Å². The van der Waals surface area contributed by atoms with Crippen LogP contribution in [-0.4, -0.2) is 58.0 Å². The summed E-state index contributed by atoms with van der Waals surface area (Å²) in [5, 5.41) is 0. The number of piperidine rings is 1. The van der Waals surface area contributed by atoms with Crippen molar-refractivity contribution in [3.8, 4) is 0 Å². The van der Waals surface area contributed by atoms with E-state index < -0.39 is 0 Å². The van der Waals surface area contributed by atoms with Gasteiger partial charge in [-0.2, -0.15) is 0 Å². The molecule has 2 aliphatic rings.